The lowest BCUT2D eigenvalue weighted by Gasteiger charge is -2.32. The Labute approximate surface area is 134 Å². The lowest BCUT2D eigenvalue weighted by atomic mass is 9.88. The normalized spacial score (nSPS) is 22.1. The first-order chi connectivity index (χ1) is 10.6. The van der Waals surface area contributed by atoms with Gasteiger partial charge in [-0.15, -0.1) is 0 Å². The van der Waals surface area contributed by atoms with Gasteiger partial charge in [-0.05, 0) is 45.7 Å². The van der Waals surface area contributed by atoms with Gasteiger partial charge in [-0.3, -0.25) is 9.59 Å². The molecule has 22 heavy (non-hydrogen) atoms. The van der Waals surface area contributed by atoms with Gasteiger partial charge in [-0.2, -0.15) is 0 Å². The molecule has 2 aliphatic rings. The molecular formula is C17H31N3O2. The van der Waals surface area contributed by atoms with Crippen LogP contribution in [0.3, 0.4) is 0 Å². The van der Waals surface area contributed by atoms with Gasteiger partial charge < -0.3 is 15.5 Å². The van der Waals surface area contributed by atoms with Crippen molar-refractivity contribution in [2.45, 2.75) is 70.4 Å². The number of hydrogen-bond acceptors (Lipinski definition) is 3. The number of rotatable bonds is 5. The molecule has 126 valence electrons. The van der Waals surface area contributed by atoms with E-state index in [1.54, 1.807) is 0 Å². The van der Waals surface area contributed by atoms with E-state index in [1.165, 1.54) is 6.42 Å². The first-order valence-electron chi connectivity index (χ1n) is 8.84. The van der Waals surface area contributed by atoms with Crippen molar-refractivity contribution in [1.29, 1.82) is 0 Å². The zero-order valence-electron chi connectivity index (χ0n) is 14.1. The molecule has 1 saturated heterocycles. The molecular weight excluding hydrogens is 278 g/mol. The van der Waals surface area contributed by atoms with Crippen molar-refractivity contribution in [3.05, 3.63) is 0 Å². The summed E-state index contributed by atoms with van der Waals surface area (Å²) in [5, 5.41) is 6.36. The first-order valence-corrected chi connectivity index (χ1v) is 8.84. The minimum Gasteiger partial charge on any atom is -0.353 e. The van der Waals surface area contributed by atoms with Crippen LogP contribution in [0, 0.1) is 5.92 Å². The molecule has 0 aromatic carbocycles. The third kappa shape index (κ3) is 4.97. The molecule has 1 aliphatic carbocycles. The molecule has 2 amide bonds. The summed E-state index contributed by atoms with van der Waals surface area (Å²) in [5.41, 5.74) is 0. The van der Waals surface area contributed by atoms with Gasteiger partial charge in [0.1, 0.15) is 0 Å². The monoisotopic (exact) mass is 309 g/mol. The number of hydrogen-bond donors (Lipinski definition) is 2. The quantitative estimate of drug-likeness (QED) is 0.812. The van der Waals surface area contributed by atoms with Crippen LogP contribution in [0.2, 0.25) is 0 Å². The highest BCUT2D eigenvalue weighted by molar-refractivity contribution is 5.81. The van der Waals surface area contributed by atoms with Gasteiger partial charge >= 0.3 is 0 Å². The number of carbonyl (C=O) groups excluding carboxylic acids is 2. The molecule has 1 saturated carbocycles. The predicted molar refractivity (Wildman–Crippen MR) is 87.5 cm³/mol. The Morgan fingerprint density at radius 2 is 1.77 bits per heavy atom. The van der Waals surface area contributed by atoms with Crippen LogP contribution in [0.5, 0.6) is 0 Å². The van der Waals surface area contributed by atoms with Crippen LogP contribution in [0.25, 0.3) is 0 Å². The summed E-state index contributed by atoms with van der Waals surface area (Å²) in [6, 6.07) is 0.265. The summed E-state index contributed by atoms with van der Waals surface area (Å²) in [5.74, 6) is 0.446. The Kier molecular flexibility index (Phi) is 6.68. The fourth-order valence-corrected chi connectivity index (χ4v) is 3.58. The molecule has 0 spiro atoms. The molecule has 5 heteroatoms. The predicted octanol–water partition coefficient (Wildman–Crippen LogP) is 1.67. The van der Waals surface area contributed by atoms with E-state index in [-0.39, 0.29) is 23.8 Å². The van der Waals surface area contributed by atoms with Crippen molar-refractivity contribution >= 4 is 11.8 Å². The lowest BCUT2D eigenvalue weighted by molar-refractivity contribution is -0.133. The molecule has 0 aromatic heterocycles. The van der Waals surface area contributed by atoms with Crippen LogP contribution in [0.1, 0.15) is 58.3 Å². The Bertz CT molecular complexity index is 374. The minimum absolute atomic E-state index is 0.0777. The second kappa shape index (κ2) is 8.51. The van der Waals surface area contributed by atoms with E-state index in [0.717, 1.165) is 51.6 Å². The lowest BCUT2D eigenvalue weighted by Crippen LogP contribution is -2.46. The maximum atomic E-state index is 12.4. The largest absolute Gasteiger partial charge is 0.353 e. The van der Waals surface area contributed by atoms with Crippen molar-refractivity contribution in [2.24, 2.45) is 5.92 Å². The molecule has 2 N–H and O–H groups in total. The van der Waals surface area contributed by atoms with Gasteiger partial charge in [0.2, 0.25) is 11.8 Å². The number of amides is 2. The summed E-state index contributed by atoms with van der Waals surface area (Å²) in [7, 11) is 1.90. The molecule has 1 aliphatic heterocycles. The third-order valence-electron chi connectivity index (χ3n) is 5.10. The molecule has 0 radical (unpaired) electrons. The molecule has 0 aromatic rings. The highest BCUT2D eigenvalue weighted by Crippen LogP contribution is 2.23. The van der Waals surface area contributed by atoms with Crippen LogP contribution in [0.15, 0.2) is 0 Å². The fourth-order valence-electron chi connectivity index (χ4n) is 3.58. The second-order valence-electron chi connectivity index (χ2n) is 6.93. The first kappa shape index (κ1) is 17.3. The smallest absolute Gasteiger partial charge is 0.224 e. The molecule has 1 atom stereocenters. The number of nitrogens with one attached hydrogen (secondary N) is 2. The Morgan fingerprint density at radius 3 is 2.41 bits per heavy atom. The van der Waals surface area contributed by atoms with Crippen LogP contribution in [-0.4, -0.2) is 48.9 Å². The fraction of sp³-hybridized carbons (Fsp3) is 0.882. The second-order valence-corrected chi connectivity index (χ2v) is 6.93. The van der Waals surface area contributed by atoms with Crippen molar-refractivity contribution in [3.8, 4) is 0 Å². The summed E-state index contributed by atoms with van der Waals surface area (Å²) in [4.78, 5) is 26.5. The zero-order chi connectivity index (χ0) is 15.9. The summed E-state index contributed by atoms with van der Waals surface area (Å²) >= 11 is 0. The van der Waals surface area contributed by atoms with E-state index in [4.69, 9.17) is 0 Å². The zero-order valence-corrected chi connectivity index (χ0v) is 14.1. The van der Waals surface area contributed by atoms with Crippen molar-refractivity contribution in [1.82, 2.24) is 15.5 Å². The molecule has 1 unspecified atom stereocenters. The van der Waals surface area contributed by atoms with E-state index < -0.39 is 0 Å². The van der Waals surface area contributed by atoms with E-state index in [0.29, 0.717) is 12.5 Å². The molecule has 5 nitrogen and oxygen atoms in total. The van der Waals surface area contributed by atoms with Gasteiger partial charge in [0, 0.05) is 31.5 Å². The SMILES string of the molecule is CC(CC(=O)N(C)C1CCNCC1)NC(=O)C1CCCCC1. The van der Waals surface area contributed by atoms with Gasteiger partial charge in [-0.25, -0.2) is 0 Å². The molecule has 1 heterocycles. The number of carbonyl (C=O) groups is 2. The number of piperidine rings is 1. The van der Waals surface area contributed by atoms with Crippen molar-refractivity contribution in [3.63, 3.8) is 0 Å². The summed E-state index contributed by atoms with van der Waals surface area (Å²) in [6.45, 7) is 3.90. The van der Waals surface area contributed by atoms with Gasteiger partial charge in [0.25, 0.3) is 0 Å². The van der Waals surface area contributed by atoms with Gasteiger partial charge in [0.15, 0.2) is 0 Å². The average Bonchev–Trinajstić information content (AvgIpc) is 2.55. The van der Waals surface area contributed by atoms with Gasteiger partial charge in [-0.1, -0.05) is 19.3 Å². The Morgan fingerprint density at radius 1 is 1.14 bits per heavy atom. The van der Waals surface area contributed by atoms with E-state index in [2.05, 4.69) is 10.6 Å². The standard InChI is InChI=1S/C17H31N3O2/c1-13(19-17(22)14-6-4-3-5-7-14)12-16(21)20(2)15-8-10-18-11-9-15/h13-15,18H,3-12H2,1-2H3,(H,19,22). The van der Waals surface area contributed by atoms with Crippen LogP contribution >= 0.6 is 0 Å². The van der Waals surface area contributed by atoms with E-state index >= 15 is 0 Å². The summed E-state index contributed by atoms with van der Waals surface area (Å²) < 4.78 is 0. The maximum absolute atomic E-state index is 12.4. The molecule has 0 bridgehead atoms. The Hall–Kier alpha value is -1.10. The minimum atomic E-state index is -0.0777. The average molecular weight is 309 g/mol. The molecule has 2 fully saturated rings. The van der Waals surface area contributed by atoms with Crippen molar-refractivity contribution in [2.75, 3.05) is 20.1 Å². The highest BCUT2D eigenvalue weighted by atomic mass is 16.2. The van der Waals surface area contributed by atoms with Gasteiger partial charge in [0.05, 0.1) is 0 Å². The summed E-state index contributed by atoms with van der Waals surface area (Å²) in [6.07, 6.45) is 8.00. The third-order valence-corrected chi connectivity index (χ3v) is 5.10. The topological polar surface area (TPSA) is 61.4 Å². The van der Waals surface area contributed by atoms with E-state index in [1.807, 2.05) is 18.9 Å². The Balaban J connectivity index is 1.74. The van der Waals surface area contributed by atoms with Crippen LogP contribution in [0.4, 0.5) is 0 Å². The van der Waals surface area contributed by atoms with E-state index in [9.17, 15) is 9.59 Å². The van der Waals surface area contributed by atoms with Crippen LogP contribution in [-0.2, 0) is 9.59 Å². The maximum Gasteiger partial charge on any atom is 0.224 e. The van der Waals surface area contributed by atoms with Crippen LogP contribution < -0.4 is 10.6 Å². The molecule has 2 rings (SSSR count). The number of nitrogens with zero attached hydrogens (tertiary/aromatic N) is 1. The van der Waals surface area contributed by atoms with Crippen molar-refractivity contribution < 1.29 is 9.59 Å². The highest BCUT2D eigenvalue weighted by Gasteiger charge is 2.25.